The molecule has 0 spiro atoms. The number of para-hydroxylation sites is 1. The average Bonchev–Trinajstić information content (AvgIpc) is 2.17. The first-order valence-corrected chi connectivity index (χ1v) is 4.25. The summed E-state index contributed by atoms with van der Waals surface area (Å²) in [5, 5.41) is 8.25. The lowest BCUT2D eigenvalue weighted by Crippen LogP contribution is -1.93. The highest BCUT2D eigenvalue weighted by Gasteiger charge is 1.99. The lowest BCUT2D eigenvalue weighted by Gasteiger charge is -1.98. The molecule has 0 radical (unpaired) electrons. The average molecular weight is 191 g/mol. The lowest BCUT2D eigenvalue weighted by atomic mass is 10.2. The van der Waals surface area contributed by atoms with E-state index in [1.54, 1.807) is 6.07 Å². The Morgan fingerprint density at radius 3 is 2.69 bits per heavy atom. The van der Waals surface area contributed by atoms with E-state index in [0.717, 1.165) is 10.9 Å². The van der Waals surface area contributed by atoms with Crippen molar-refractivity contribution in [1.82, 2.24) is 4.98 Å². The van der Waals surface area contributed by atoms with Crippen molar-refractivity contribution < 1.29 is 0 Å². The van der Waals surface area contributed by atoms with Gasteiger partial charge in [-0.1, -0.05) is 35.9 Å². The first-order chi connectivity index (χ1) is 6.27. The summed E-state index contributed by atoms with van der Waals surface area (Å²) in [7, 11) is 0. The van der Waals surface area contributed by atoms with Gasteiger partial charge in [-0.15, -0.1) is 0 Å². The van der Waals surface area contributed by atoms with Gasteiger partial charge in [-0.2, -0.15) is 0 Å². The minimum atomic E-state index is -0.0225. The molecule has 0 atom stereocenters. The Hall–Kier alpha value is -1.41. The number of nitrogens with one attached hydrogen (secondary N) is 1. The number of hydrogen-bond acceptors (Lipinski definition) is 2. The van der Waals surface area contributed by atoms with E-state index < -0.39 is 0 Å². The maximum atomic E-state index is 7.21. The van der Waals surface area contributed by atoms with Gasteiger partial charge in [0.05, 0.1) is 5.52 Å². The quantitative estimate of drug-likeness (QED) is 0.690. The third-order valence-corrected chi connectivity index (χ3v) is 2.02. The van der Waals surface area contributed by atoms with E-state index in [2.05, 4.69) is 4.98 Å². The van der Waals surface area contributed by atoms with E-state index >= 15 is 0 Å². The molecule has 0 saturated heterocycles. The standard InChI is InChI=1S/C10H7ClN2/c11-10(12)9-6-5-7-3-1-2-4-8(7)13-9/h1-6,12H. The van der Waals surface area contributed by atoms with Gasteiger partial charge in [-0.3, -0.25) is 5.41 Å². The van der Waals surface area contributed by atoms with Crippen LogP contribution in [0.4, 0.5) is 0 Å². The van der Waals surface area contributed by atoms with E-state index in [1.165, 1.54) is 0 Å². The minimum Gasteiger partial charge on any atom is -0.287 e. The SMILES string of the molecule is N=C(Cl)c1ccc2ccccc2n1. The Morgan fingerprint density at radius 1 is 1.15 bits per heavy atom. The molecule has 3 heteroatoms. The Morgan fingerprint density at radius 2 is 1.92 bits per heavy atom. The predicted molar refractivity (Wildman–Crippen MR) is 54.4 cm³/mol. The van der Waals surface area contributed by atoms with Crippen LogP contribution in [0, 0.1) is 5.41 Å². The molecule has 1 aromatic carbocycles. The molecule has 1 N–H and O–H groups in total. The fraction of sp³-hybridized carbons (Fsp3) is 0. The maximum absolute atomic E-state index is 7.21. The lowest BCUT2D eigenvalue weighted by molar-refractivity contribution is 1.35. The maximum Gasteiger partial charge on any atom is 0.146 e. The smallest absolute Gasteiger partial charge is 0.146 e. The zero-order chi connectivity index (χ0) is 9.26. The van der Waals surface area contributed by atoms with Crippen LogP contribution in [0.25, 0.3) is 10.9 Å². The van der Waals surface area contributed by atoms with Crippen LogP contribution in [-0.4, -0.2) is 10.2 Å². The Balaban J connectivity index is 2.69. The molecule has 0 aliphatic heterocycles. The first kappa shape index (κ1) is 8.20. The van der Waals surface area contributed by atoms with E-state index in [1.807, 2.05) is 30.3 Å². The van der Waals surface area contributed by atoms with Crippen molar-refractivity contribution in [3.05, 3.63) is 42.1 Å². The summed E-state index contributed by atoms with van der Waals surface area (Å²) < 4.78 is 0. The predicted octanol–water partition coefficient (Wildman–Crippen LogP) is 2.80. The molecular formula is C10H7ClN2. The number of fused-ring (bicyclic) bond motifs is 1. The fourth-order valence-electron chi connectivity index (χ4n) is 1.19. The molecule has 2 aromatic rings. The zero-order valence-corrected chi connectivity index (χ0v) is 7.55. The second-order valence-corrected chi connectivity index (χ2v) is 3.08. The summed E-state index contributed by atoms with van der Waals surface area (Å²) in [4.78, 5) is 4.22. The highest BCUT2D eigenvalue weighted by molar-refractivity contribution is 6.68. The van der Waals surface area contributed by atoms with Gasteiger partial charge in [-0.25, -0.2) is 4.98 Å². The highest BCUT2D eigenvalue weighted by atomic mass is 35.5. The summed E-state index contributed by atoms with van der Waals surface area (Å²) in [6.07, 6.45) is 0. The monoisotopic (exact) mass is 190 g/mol. The van der Waals surface area contributed by atoms with Crippen molar-refractivity contribution in [2.45, 2.75) is 0 Å². The molecule has 1 aromatic heterocycles. The topological polar surface area (TPSA) is 36.7 Å². The third kappa shape index (κ3) is 1.53. The van der Waals surface area contributed by atoms with Crippen molar-refractivity contribution in [2.24, 2.45) is 0 Å². The molecule has 0 bridgehead atoms. The van der Waals surface area contributed by atoms with Crippen molar-refractivity contribution in [3.8, 4) is 0 Å². The summed E-state index contributed by atoms with van der Waals surface area (Å²) in [6.45, 7) is 0. The molecular weight excluding hydrogens is 184 g/mol. The molecule has 2 rings (SSSR count). The first-order valence-electron chi connectivity index (χ1n) is 3.87. The van der Waals surface area contributed by atoms with Gasteiger partial charge >= 0.3 is 0 Å². The van der Waals surface area contributed by atoms with Gasteiger partial charge in [0, 0.05) is 5.39 Å². The van der Waals surface area contributed by atoms with Gasteiger partial charge in [0.25, 0.3) is 0 Å². The summed E-state index contributed by atoms with van der Waals surface area (Å²) in [5.74, 6) is 0. The Kier molecular flexibility index (Phi) is 1.99. The Labute approximate surface area is 80.7 Å². The van der Waals surface area contributed by atoms with Gasteiger partial charge in [0.2, 0.25) is 0 Å². The molecule has 64 valence electrons. The molecule has 0 amide bonds. The van der Waals surface area contributed by atoms with Crippen LogP contribution >= 0.6 is 11.6 Å². The van der Waals surface area contributed by atoms with Gasteiger partial charge in [-0.05, 0) is 12.1 Å². The number of nitrogens with zero attached hydrogens (tertiary/aromatic N) is 1. The number of halogens is 1. The second kappa shape index (κ2) is 3.15. The summed E-state index contributed by atoms with van der Waals surface area (Å²) in [5.41, 5.74) is 1.38. The molecule has 2 nitrogen and oxygen atoms in total. The molecule has 0 saturated carbocycles. The van der Waals surface area contributed by atoms with Crippen molar-refractivity contribution >= 4 is 27.7 Å². The van der Waals surface area contributed by atoms with Crippen LogP contribution in [0.5, 0.6) is 0 Å². The van der Waals surface area contributed by atoms with E-state index in [4.69, 9.17) is 17.0 Å². The summed E-state index contributed by atoms with van der Waals surface area (Å²) in [6, 6.07) is 11.4. The molecule has 0 fully saturated rings. The molecule has 13 heavy (non-hydrogen) atoms. The third-order valence-electron chi connectivity index (χ3n) is 1.82. The van der Waals surface area contributed by atoms with Crippen LogP contribution in [0.3, 0.4) is 0 Å². The van der Waals surface area contributed by atoms with Gasteiger partial charge < -0.3 is 0 Å². The largest absolute Gasteiger partial charge is 0.287 e. The molecule has 1 heterocycles. The van der Waals surface area contributed by atoms with Crippen LogP contribution in [-0.2, 0) is 0 Å². The molecule has 0 aliphatic rings. The van der Waals surface area contributed by atoms with Gasteiger partial charge in [0.15, 0.2) is 0 Å². The molecule has 0 unspecified atom stereocenters. The normalized spacial score (nSPS) is 10.2. The fourth-order valence-corrected chi connectivity index (χ4v) is 1.29. The van der Waals surface area contributed by atoms with Crippen LogP contribution < -0.4 is 0 Å². The molecule has 0 aliphatic carbocycles. The number of aromatic nitrogens is 1. The van der Waals surface area contributed by atoms with Crippen LogP contribution in [0.2, 0.25) is 0 Å². The second-order valence-electron chi connectivity index (χ2n) is 2.70. The number of hydrogen-bond donors (Lipinski definition) is 1. The van der Waals surface area contributed by atoms with Crippen LogP contribution in [0.15, 0.2) is 36.4 Å². The number of benzene rings is 1. The van der Waals surface area contributed by atoms with Crippen LogP contribution in [0.1, 0.15) is 5.69 Å². The van der Waals surface area contributed by atoms with Crippen molar-refractivity contribution in [2.75, 3.05) is 0 Å². The van der Waals surface area contributed by atoms with E-state index in [0.29, 0.717) is 5.69 Å². The van der Waals surface area contributed by atoms with Crippen molar-refractivity contribution in [1.29, 1.82) is 5.41 Å². The Bertz CT molecular complexity index is 465. The number of pyridine rings is 1. The highest BCUT2D eigenvalue weighted by Crippen LogP contribution is 2.12. The van der Waals surface area contributed by atoms with Gasteiger partial charge in [0.1, 0.15) is 10.9 Å². The minimum absolute atomic E-state index is 0.0225. The van der Waals surface area contributed by atoms with E-state index in [9.17, 15) is 0 Å². The van der Waals surface area contributed by atoms with E-state index in [-0.39, 0.29) is 5.17 Å². The van der Waals surface area contributed by atoms with Crippen molar-refractivity contribution in [3.63, 3.8) is 0 Å². The zero-order valence-electron chi connectivity index (χ0n) is 6.79. The number of rotatable bonds is 1. The summed E-state index contributed by atoms with van der Waals surface area (Å²) >= 11 is 5.52.